The number of thioether (sulfide) groups is 1. The van der Waals surface area contributed by atoms with E-state index in [0.29, 0.717) is 18.1 Å². The predicted octanol–water partition coefficient (Wildman–Crippen LogP) is 0.462. The van der Waals surface area contributed by atoms with Gasteiger partial charge in [0.05, 0.1) is 17.0 Å². The third-order valence-electron chi connectivity index (χ3n) is 3.12. The van der Waals surface area contributed by atoms with Gasteiger partial charge in [0, 0.05) is 6.54 Å². The molecule has 1 unspecified atom stereocenters. The van der Waals surface area contributed by atoms with E-state index < -0.39 is 5.54 Å². The summed E-state index contributed by atoms with van der Waals surface area (Å²) < 4.78 is 0. The van der Waals surface area contributed by atoms with E-state index in [1.165, 1.54) is 16.7 Å². The molecule has 1 aliphatic heterocycles. The van der Waals surface area contributed by atoms with Gasteiger partial charge in [0.2, 0.25) is 11.8 Å². The van der Waals surface area contributed by atoms with Crippen LogP contribution in [0.5, 0.6) is 0 Å². The van der Waals surface area contributed by atoms with Crippen LogP contribution in [0.4, 0.5) is 0 Å². The van der Waals surface area contributed by atoms with E-state index in [2.05, 4.69) is 0 Å². The number of amides is 2. The van der Waals surface area contributed by atoms with Gasteiger partial charge in [-0.25, -0.2) is 0 Å². The van der Waals surface area contributed by atoms with Gasteiger partial charge in [-0.3, -0.25) is 14.5 Å². The molecule has 15 heavy (non-hydrogen) atoms. The Morgan fingerprint density at radius 3 is 2.20 bits per heavy atom. The number of hydrogen-bond donors (Lipinski definition) is 1. The van der Waals surface area contributed by atoms with Gasteiger partial charge >= 0.3 is 0 Å². The van der Waals surface area contributed by atoms with E-state index in [1.54, 1.807) is 0 Å². The lowest BCUT2D eigenvalue weighted by molar-refractivity contribution is -0.150. The minimum absolute atomic E-state index is 0.113. The van der Waals surface area contributed by atoms with Gasteiger partial charge in [0.25, 0.3) is 0 Å². The summed E-state index contributed by atoms with van der Waals surface area (Å²) in [6, 6.07) is 0. The minimum Gasteiger partial charge on any atom is -0.328 e. The Bertz CT molecular complexity index is 265. The summed E-state index contributed by atoms with van der Waals surface area (Å²) in [7, 11) is 0. The molecule has 1 saturated heterocycles. The monoisotopic (exact) mass is 230 g/mol. The zero-order valence-corrected chi connectivity index (χ0v) is 10.3. The molecular weight excluding hydrogens is 212 g/mol. The number of rotatable bonds is 3. The van der Waals surface area contributed by atoms with Crippen LogP contribution in [-0.4, -0.2) is 40.3 Å². The molecule has 0 aliphatic carbocycles. The van der Waals surface area contributed by atoms with Crippen LogP contribution in [0.3, 0.4) is 0 Å². The fourth-order valence-electron chi connectivity index (χ4n) is 1.65. The first-order valence-corrected chi connectivity index (χ1v) is 6.22. The molecule has 1 heterocycles. The number of hydrogen-bond acceptors (Lipinski definition) is 4. The Labute approximate surface area is 94.6 Å². The predicted molar refractivity (Wildman–Crippen MR) is 61.5 cm³/mol. The van der Waals surface area contributed by atoms with Crippen LogP contribution in [-0.2, 0) is 9.59 Å². The molecule has 86 valence electrons. The lowest BCUT2D eigenvalue weighted by atomic mass is 9.86. The first kappa shape index (κ1) is 12.5. The SMILES string of the molecule is CC(C)C(C)(CN)N1C(=O)CSCC1=O. The molecule has 1 fully saturated rings. The molecular formula is C10H18N2O2S. The van der Waals surface area contributed by atoms with Gasteiger partial charge in [0.15, 0.2) is 0 Å². The molecule has 0 radical (unpaired) electrons. The number of imide groups is 1. The fraction of sp³-hybridized carbons (Fsp3) is 0.800. The summed E-state index contributed by atoms with van der Waals surface area (Å²) >= 11 is 1.37. The van der Waals surface area contributed by atoms with E-state index in [1.807, 2.05) is 20.8 Å². The zero-order valence-electron chi connectivity index (χ0n) is 9.45. The second-order valence-corrected chi connectivity index (χ2v) is 5.32. The Hall–Kier alpha value is -0.550. The molecule has 1 atom stereocenters. The Morgan fingerprint density at radius 1 is 1.40 bits per heavy atom. The van der Waals surface area contributed by atoms with Gasteiger partial charge in [-0.2, -0.15) is 0 Å². The van der Waals surface area contributed by atoms with Crippen molar-refractivity contribution >= 4 is 23.6 Å². The lowest BCUT2D eigenvalue weighted by Gasteiger charge is -2.43. The molecule has 2 amide bonds. The summed E-state index contributed by atoms with van der Waals surface area (Å²) in [5.41, 5.74) is 5.16. The second-order valence-electron chi connectivity index (χ2n) is 4.33. The maximum atomic E-state index is 11.7. The highest BCUT2D eigenvalue weighted by atomic mass is 32.2. The maximum absolute atomic E-state index is 11.7. The first-order chi connectivity index (χ1) is 6.93. The number of carbonyl (C=O) groups is 2. The fourth-order valence-corrected chi connectivity index (χ4v) is 2.36. The smallest absolute Gasteiger partial charge is 0.239 e. The standard InChI is InChI=1S/C10H18N2O2S/c1-7(2)10(3,6-11)12-8(13)4-15-5-9(12)14/h7H,4-6,11H2,1-3H3. The van der Waals surface area contributed by atoms with Gasteiger partial charge in [0.1, 0.15) is 0 Å². The second kappa shape index (κ2) is 4.53. The number of carbonyl (C=O) groups excluding carboxylic acids is 2. The average molecular weight is 230 g/mol. The Balaban J connectivity index is 3.00. The molecule has 5 heteroatoms. The molecule has 1 aliphatic rings. The van der Waals surface area contributed by atoms with Crippen LogP contribution in [0, 0.1) is 5.92 Å². The van der Waals surface area contributed by atoms with Gasteiger partial charge in [-0.1, -0.05) is 13.8 Å². The summed E-state index contributed by atoms with van der Waals surface area (Å²) in [4.78, 5) is 24.9. The summed E-state index contributed by atoms with van der Waals surface area (Å²) in [6.45, 7) is 6.15. The molecule has 1 rings (SSSR count). The molecule has 0 aromatic rings. The van der Waals surface area contributed by atoms with Crippen LogP contribution >= 0.6 is 11.8 Å². The van der Waals surface area contributed by atoms with E-state index in [-0.39, 0.29) is 17.7 Å². The van der Waals surface area contributed by atoms with Crippen molar-refractivity contribution in [2.75, 3.05) is 18.1 Å². The summed E-state index contributed by atoms with van der Waals surface area (Å²) in [5, 5.41) is 0. The normalized spacial score (nSPS) is 22.1. The number of nitrogens with zero attached hydrogens (tertiary/aromatic N) is 1. The average Bonchev–Trinajstić information content (AvgIpc) is 2.16. The van der Waals surface area contributed by atoms with E-state index in [9.17, 15) is 9.59 Å². The van der Waals surface area contributed by atoms with Crippen molar-refractivity contribution in [3.05, 3.63) is 0 Å². The molecule has 0 aromatic heterocycles. The number of nitrogens with two attached hydrogens (primary N) is 1. The van der Waals surface area contributed by atoms with Crippen LogP contribution in [0.15, 0.2) is 0 Å². The van der Waals surface area contributed by atoms with Crippen LogP contribution in [0.2, 0.25) is 0 Å². The van der Waals surface area contributed by atoms with Crippen LogP contribution in [0.25, 0.3) is 0 Å². The molecule has 0 spiro atoms. The quantitative estimate of drug-likeness (QED) is 0.716. The van der Waals surface area contributed by atoms with Crippen LogP contribution < -0.4 is 5.73 Å². The third-order valence-corrected chi connectivity index (χ3v) is 4.02. The van der Waals surface area contributed by atoms with Crippen molar-refractivity contribution in [2.45, 2.75) is 26.3 Å². The van der Waals surface area contributed by atoms with E-state index in [0.717, 1.165) is 0 Å². The topological polar surface area (TPSA) is 63.4 Å². The highest BCUT2D eigenvalue weighted by Crippen LogP contribution is 2.28. The van der Waals surface area contributed by atoms with Crippen molar-refractivity contribution in [3.63, 3.8) is 0 Å². The van der Waals surface area contributed by atoms with Gasteiger partial charge in [-0.15, -0.1) is 11.8 Å². The van der Waals surface area contributed by atoms with E-state index in [4.69, 9.17) is 5.73 Å². The highest BCUT2D eigenvalue weighted by Gasteiger charge is 2.42. The van der Waals surface area contributed by atoms with Crippen LogP contribution in [0.1, 0.15) is 20.8 Å². The Kier molecular flexibility index (Phi) is 3.78. The minimum atomic E-state index is -0.546. The van der Waals surface area contributed by atoms with Crippen molar-refractivity contribution < 1.29 is 9.59 Å². The molecule has 0 bridgehead atoms. The third kappa shape index (κ3) is 2.18. The van der Waals surface area contributed by atoms with E-state index >= 15 is 0 Å². The van der Waals surface area contributed by atoms with Crippen molar-refractivity contribution in [1.82, 2.24) is 4.90 Å². The van der Waals surface area contributed by atoms with Gasteiger partial charge in [-0.05, 0) is 12.8 Å². The summed E-state index contributed by atoms with van der Waals surface area (Å²) in [5.74, 6) is 0.705. The maximum Gasteiger partial charge on any atom is 0.239 e. The van der Waals surface area contributed by atoms with Crippen molar-refractivity contribution in [1.29, 1.82) is 0 Å². The van der Waals surface area contributed by atoms with Crippen molar-refractivity contribution in [2.24, 2.45) is 11.7 Å². The van der Waals surface area contributed by atoms with Crippen molar-refractivity contribution in [3.8, 4) is 0 Å². The molecule has 2 N–H and O–H groups in total. The van der Waals surface area contributed by atoms with Gasteiger partial charge < -0.3 is 5.73 Å². The molecule has 4 nitrogen and oxygen atoms in total. The lowest BCUT2D eigenvalue weighted by Crippen LogP contribution is -2.62. The molecule has 0 saturated carbocycles. The molecule has 0 aromatic carbocycles. The Morgan fingerprint density at radius 2 is 1.87 bits per heavy atom. The summed E-state index contributed by atoms with van der Waals surface area (Å²) in [6.07, 6.45) is 0. The largest absolute Gasteiger partial charge is 0.328 e. The highest BCUT2D eigenvalue weighted by molar-refractivity contribution is 8.00. The first-order valence-electron chi connectivity index (χ1n) is 5.07. The zero-order chi connectivity index (χ0) is 11.6.